The lowest BCUT2D eigenvalue weighted by Crippen LogP contribution is -2.35. The molecule has 0 aliphatic carbocycles. The number of alkyl carbamates (subject to hydrolysis) is 1. The highest BCUT2D eigenvalue weighted by atomic mass is 16.5. The molecule has 2 rings (SSSR count). The largest absolute Gasteiger partial charge is 0.508 e. The summed E-state index contributed by atoms with van der Waals surface area (Å²) in [5.41, 5.74) is 1.88. The standard InChI is InChI=1S/C18H21NO5/c1-12-7-8-14(15(20)9-12)17(22)16(21)10-19-18(23)24-11-13-5-3-2-4-6-13/h2-9,16-17,20-22H,10-11H2,1H3,(H,19,23). The number of rotatable bonds is 6. The van der Waals surface area contributed by atoms with E-state index in [-0.39, 0.29) is 24.5 Å². The van der Waals surface area contributed by atoms with Crippen molar-refractivity contribution >= 4 is 6.09 Å². The molecule has 0 saturated carbocycles. The first-order valence-electron chi connectivity index (χ1n) is 7.57. The Hall–Kier alpha value is -2.57. The van der Waals surface area contributed by atoms with E-state index in [2.05, 4.69) is 5.32 Å². The Kier molecular flexibility index (Phi) is 6.17. The lowest BCUT2D eigenvalue weighted by molar-refractivity contribution is 0.0171. The normalized spacial score (nSPS) is 13.1. The molecule has 1 amide bonds. The highest BCUT2D eigenvalue weighted by Gasteiger charge is 2.22. The molecule has 0 aromatic heterocycles. The molecule has 0 radical (unpaired) electrons. The van der Waals surface area contributed by atoms with Crippen molar-refractivity contribution in [1.82, 2.24) is 5.32 Å². The first kappa shape index (κ1) is 17.8. The highest BCUT2D eigenvalue weighted by molar-refractivity contribution is 5.67. The molecule has 2 aromatic rings. The number of hydrogen-bond acceptors (Lipinski definition) is 5. The van der Waals surface area contributed by atoms with Crippen LogP contribution >= 0.6 is 0 Å². The van der Waals surface area contributed by atoms with Crippen LogP contribution in [0.25, 0.3) is 0 Å². The summed E-state index contributed by atoms with van der Waals surface area (Å²) in [6, 6.07) is 13.9. The van der Waals surface area contributed by atoms with Crippen LogP contribution in [-0.4, -0.2) is 34.1 Å². The Morgan fingerprint density at radius 2 is 1.88 bits per heavy atom. The number of amides is 1. The molecule has 0 bridgehead atoms. The molecule has 0 aliphatic heterocycles. The van der Waals surface area contributed by atoms with Crippen molar-refractivity contribution in [1.29, 1.82) is 0 Å². The van der Waals surface area contributed by atoms with Crippen molar-refractivity contribution in [2.75, 3.05) is 6.54 Å². The van der Waals surface area contributed by atoms with E-state index in [1.807, 2.05) is 30.3 Å². The Morgan fingerprint density at radius 1 is 1.17 bits per heavy atom. The Bertz CT molecular complexity index is 674. The van der Waals surface area contributed by atoms with Crippen LogP contribution < -0.4 is 5.32 Å². The van der Waals surface area contributed by atoms with Crippen LogP contribution in [0, 0.1) is 6.92 Å². The Morgan fingerprint density at radius 3 is 2.54 bits per heavy atom. The van der Waals surface area contributed by atoms with Gasteiger partial charge in [-0.15, -0.1) is 0 Å². The summed E-state index contributed by atoms with van der Waals surface area (Å²) < 4.78 is 5.01. The van der Waals surface area contributed by atoms with Gasteiger partial charge in [0.25, 0.3) is 0 Å². The van der Waals surface area contributed by atoms with Gasteiger partial charge in [-0.3, -0.25) is 0 Å². The quantitative estimate of drug-likeness (QED) is 0.649. The summed E-state index contributed by atoms with van der Waals surface area (Å²) in [7, 11) is 0. The van der Waals surface area contributed by atoms with Crippen molar-refractivity contribution in [3.63, 3.8) is 0 Å². The van der Waals surface area contributed by atoms with E-state index in [1.54, 1.807) is 13.0 Å². The molecule has 2 atom stereocenters. The van der Waals surface area contributed by atoms with Crippen LogP contribution in [0.1, 0.15) is 22.8 Å². The zero-order chi connectivity index (χ0) is 17.5. The molecule has 0 fully saturated rings. The minimum atomic E-state index is -1.32. The highest BCUT2D eigenvalue weighted by Crippen LogP contribution is 2.27. The molecular weight excluding hydrogens is 310 g/mol. The molecule has 0 spiro atoms. The van der Waals surface area contributed by atoms with Crippen LogP contribution in [-0.2, 0) is 11.3 Å². The van der Waals surface area contributed by atoms with E-state index >= 15 is 0 Å². The van der Waals surface area contributed by atoms with Gasteiger partial charge in [0, 0.05) is 12.1 Å². The minimum Gasteiger partial charge on any atom is -0.508 e. The molecule has 4 N–H and O–H groups in total. The van der Waals surface area contributed by atoms with Gasteiger partial charge in [-0.25, -0.2) is 4.79 Å². The fraction of sp³-hybridized carbons (Fsp3) is 0.278. The number of carbonyl (C=O) groups is 1. The Balaban J connectivity index is 1.81. The zero-order valence-corrected chi connectivity index (χ0v) is 13.3. The number of hydrogen-bond donors (Lipinski definition) is 4. The average molecular weight is 331 g/mol. The second-order valence-corrected chi connectivity index (χ2v) is 5.52. The molecule has 2 unspecified atom stereocenters. The van der Waals surface area contributed by atoms with E-state index in [0.29, 0.717) is 0 Å². The predicted octanol–water partition coefficient (Wildman–Crippen LogP) is 2.02. The van der Waals surface area contributed by atoms with E-state index in [4.69, 9.17) is 4.74 Å². The van der Waals surface area contributed by atoms with Crippen LogP contribution in [0.2, 0.25) is 0 Å². The number of carbonyl (C=O) groups excluding carboxylic acids is 1. The third-order valence-electron chi connectivity index (χ3n) is 3.54. The maximum Gasteiger partial charge on any atom is 0.407 e. The van der Waals surface area contributed by atoms with Crippen LogP contribution in [0.3, 0.4) is 0 Å². The number of aryl methyl sites for hydroxylation is 1. The molecule has 0 saturated heterocycles. The molecule has 6 nitrogen and oxygen atoms in total. The maximum atomic E-state index is 11.6. The van der Waals surface area contributed by atoms with Gasteiger partial charge in [-0.1, -0.05) is 42.5 Å². The summed E-state index contributed by atoms with van der Waals surface area (Å²) in [4.78, 5) is 11.6. The van der Waals surface area contributed by atoms with Gasteiger partial charge in [0.1, 0.15) is 24.6 Å². The third-order valence-corrected chi connectivity index (χ3v) is 3.54. The number of phenolic OH excluding ortho intramolecular Hbond substituents is 1. The second-order valence-electron chi connectivity index (χ2n) is 5.52. The number of ether oxygens (including phenoxy) is 1. The monoisotopic (exact) mass is 331 g/mol. The SMILES string of the molecule is Cc1ccc(C(O)C(O)CNC(=O)OCc2ccccc2)c(O)c1. The summed E-state index contributed by atoms with van der Waals surface area (Å²) in [5.74, 6) is -0.104. The first-order valence-corrected chi connectivity index (χ1v) is 7.57. The zero-order valence-electron chi connectivity index (χ0n) is 13.3. The van der Waals surface area contributed by atoms with Gasteiger partial charge >= 0.3 is 6.09 Å². The van der Waals surface area contributed by atoms with Crippen LogP contribution in [0.5, 0.6) is 5.75 Å². The first-order chi connectivity index (χ1) is 11.5. The fourth-order valence-corrected chi connectivity index (χ4v) is 2.18. The average Bonchev–Trinajstić information content (AvgIpc) is 2.58. The van der Waals surface area contributed by atoms with Crippen molar-refractivity contribution in [3.05, 3.63) is 65.2 Å². The van der Waals surface area contributed by atoms with E-state index in [0.717, 1.165) is 11.1 Å². The number of aliphatic hydroxyl groups is 2. The van der Waals surface area contributed by atoms with Crippen LogP contribution in [0.15, 0.2) is 48.5 Å². The van der Waals surface area contributed by atoms with Crippen LogP contribution in [0.4, 0.5) is 4.79 Å². The fourth-order valence-electron chi connectivity index (χ4n) is 2.18. The summed E-state index contributed by atoms with van der Waals surface area (Å²) >= 11 is 0. The van der Waals surface area contributed by atoms with Gasteiger partial charge in [0.15, 0.2) is 0 Å². The Labute approximate surface area is 140 Å². The van der Waals surface area contributed by atoms with Gasteiger partial charge in [-0.05, 0) is 24.1 Å². The van der Waals surface area contributed by atoms with E-state index in [9.17, 15) is 20.1 Å². The number of aliphatic hydroxyl groups excluding tert-OH is 2. The van der Waals surface area contributed by atoms with Crippen molar-refractivity contribution in [2.24, 2.45) is 0 Å². The van der Waals surface area contributed by atoms with E-state index in [1.165, 1.54) is 12.1 Å². The molecular formula is C18H21NO5. The van der Waals surface area contributed by atoms with Crippen molar-refractivity contribution < 1.29 is 24.9 Å². The molecule has 0 heterocycles. The maximum absolute atomic E-state index is 11.6. The molecule has 0 aliphatic rings. The summed E-state index contributed by atoms with van der Waals surface area (Å²) in [6.07, 6.45) is -3.29. The van der Waals surface area contributed by atoms with Gasteiger partial charge < -0.3 is 25.4 Å². The lowest BCUT2D eigenvalue weighted by Gasteiger charge is -2.19. The molecule has 6 heteroatoms. The molecule has 2 aromatic carbocycles. The second kappa shape index (κ2) is 8.33. The minimum absolute atomic E-state index is 0.104. The topological polar surface area (TPSA) is 99.0 Å². The molecule has 24 heavy (non-hydrogen) atoms. The summed E-state index contributed by atoms with van der Waals surface area (Å²) in [5, 5.41) is 32.2. The predicted molar refractivity (Wildman–Crippen MR) is 88.4 cm³/mol. The summed E-state index contributed by atoms with van der Waals surface area (Å²) in [6.45, 7) is 1.71. The number of nitrogens with one attached hydrogen (secondary N) is 1. The van der Waals surface area contributed by atoms with Crippen molar-refractivity contribution in [3.8, 4) is 5.75 Å². The smallest absolute Gasteiger partial charge is 0.407 e. The number of benzene rings is 2. The van der Waals surface area contributed by atoms with Gasteiger partial charge in [0.05, 0.1) is 0 Å². The van der Waals surface area contributed by atoms with Crippen molar-refractivity contribution in [2.45, 2.75) is 25.7 Å². The van der Waals surface area contributed by atoms with Gasteiger partial charge in [0.2, 0.25) is 0 Å². The van der Waals surface area contributed by atoms with E-state index < -0.39 is 18.3 Å². The number of phenols is 1. The third kappa shape index (κ3) is 4.97. The number of aromatic hydroxyl groups is 1. The molecule has 128 valence electrons. The lowest BCUT2D eigenvalue weighted by atomic mass is 10.0. The van der Waals surface area contributed by atoms with Gasteiger partial charge in [-0.2, -0.15) is 0 Å².